The van der Waals surface area contributed by atoms with Crippen molar-refractivity contribution in [1.29, 1.82) is 0 Å². The summed E-state index contributed by atoms with van der Waals surface area (Å²) in [5.41, 5.74) is 7.60. The highest BCUT2D eigenvalue weighted by molar-refractivity contribution is 7.14. The molecular formula is C23H26N4S. The third kappa shape index (κ3) is 5.06. The van der Waals surface area contributed by atoms with E-state index >= 15 is 0 Å². The van der Waals surface area contributed by atoms with Crippen LogP contribution in [-0.2, 0) is 6.54 Å². The summed E-state index contributed by atoms with van der Waals surface area (Å²) in [5.74, 6) is 0.869. The number of likely N-dealkylation sites (tertiary alicyclic amines) is 1. The number of thiazole rings is 1. The van der Waals surface area contributed by atoms with E-state index in [-0.39, 0.29) is 0 Å². The van der Waals surface area contributed by atoms with Crippen LogP contribution >= 0.6 is 11.3 Å². The van der Waals surface area contributed by atoms with Crippen LogP contribution in [-0.4, -0.2) is 29.2 Å². The number of benzene rings is 2. The van der Waals surface area contributed by atoms with Crippen LogP contribution in [0.2, 0.25) is 0 Å². The highest BCUT2D eigenvalue weighted by Crippen LogP contribution is 2.24. The van der Waals surface area contributed by atoms with Crippen molar-refractivity contribution >= 4 is 22.7 Å². The molecule has 1 N–H and O–H groups in total. The minimum atomic E-state index is 0.800. The summed E-state index contributed by atoms with van der Waals surface area (Å²) in [4.78, 5) is 7.15. The summed E-state index contributed by atoms with van der Waals surface area (Å²) in [7, 11) is 0. The molecule has 1 aromatic heterocycles. The van der Waals surface area contributed by atoms with Gasteiger partial charge in [0.25, 0.3) is 0 Å². The molecule has 4 nitrogen and oxygen atoms in total. The lowest BCUT2D eigenvalue weighted by molar-refractivity contribution is 0.185. The second-order valence-electron chi connectivity index (χ2n) is 7.48. The van der Waals surface area contributed by atoms with E-state index in [4.69, 9.17) is 0 Å². The van der Waals surface area contributed by atoms with Gasteiger partial charge in [-0.1, -0.05) is 55.5 Å². The number of hydrogen-bond donors (Lipinski definition) is 1. The SMILES string of the molecule is CC1CCN(Cc2cccc(C=NNc3nc(-c4ccccc4)cs3)c2)CC1. The third-order valence-electron chi connectivity index (χ3n) is 5.18. The Bertz CT molecular complexity index is 911. The van der Waals surface area contributed by atoms with E-state index in [1.165, 1.54) is 31.5 Å². The van der Waals surface area contributed by atoms with Crippen LogP contribution in [0, 0.1) is 5.92 Å². The Morgan fingerprint density at radius 1 is 1.14 bits per heavy atom. The molecule has 5 heteroatoms. The van der Waals surface area contributed by atoms with Gasteiger partial charge in [0.15, 0.2) is 0 Å². The van der Waals surface area contributed by atoms with E-state index in [9.17, 15) is 0 Å². The number of piperidine rings is 1. The van der Waals surface area contributed by atoms with Crippen LogP contribution in [0.1, 0.15) is 30.9 Å². The summed E-state index contributed by atoms with van der Waals surface area (Å²) >= 11 is 1.56. The lowest BCUT2D eigenvalue weighted by atomic mass is 9.99. The summed E-state index contributed by atoms with van der Waals surface area (Å²) in [6.45, 7) is 5.78. The topological polar surface area (TPSA) is 40.5 Å². The Morgan fingerprint density at radius 3 is 2.79 bits per heavy atom. The van der Waals surface area contributed by atoms with Gasteiger partial charge in [-0.15, -0.1) is 11.3 Å². The zero-order valence-corrected chi connectivity index (χ0v) is 17.0. The fraction of sp³-hybridized carbons (Fsp3) is 0.304. The monoisotopic (exact) mass is 390 g/mol. The van der Waals surface area contributed by atoms with Gasteiger partial charge in [0.05, 0.1) is 11.9 Å². The van der Waals surface area contributed by atoms with Gasteiger partial charge >= 0.3 is 0 Å². The maximum atomic E-state index is 4.60. The van der Waals surface area contributed by atoms with Gasteiger partial charge < -0.3 is 0 Å². The van der Waals surface area contributed by atoms with Crippen LogP contribution in [0.3, 0.4) is 0 Å². The predicted octanol–water partition coefficient (Wildman–Crippen LogP) is 5.49. The molecule has 3 aromatic rings. The fourth-order valence-electron chi connectivity index (χ4n) is 3.48. The van der Waals surface area contributed by atoms with Crippen molar-refractivity contribution in [2.75, 3.05) is 18.5 Å². The predicted molar refractivity (Wildman–Crippen MR) is 119 cm³/mol. The lowest BCUT2D eigenvalue weighted by Crippen LogP contribution is -2.32. The summed E-state index contributed by atoms with van der Waals surface area (Å²) in [6.07, 6.45) is 4.49. The normalized spacial score (nSPS) is 15.9. The highest BCUT2D eigenvalue weighted by Gasteiger charge is 2.15. The molecule has 1 aliphatic rings. The van der Waals surface area contributed by atoms with Crippen molar-refractivity contribution in [3.63, 3.8) is 0 Å². The first-order valence-electron chi connectivity index (χ1n) is 9.87. The molecule has 2 heterocycles. The minimum Gasteiger partial charge on any atom is -0.299 e. The molecule has 144 valence electrons. The molecule has 0 aliphatic carbocycles. The molecule has 4 rings (SSSR count). The second-order valence-corrected chi connectivity index (χ2v) is 8.34. The molecule has 2 aromatic carbocycles. The quantitative estimate of drug-likeness (QED) is 0.447. The maximum Gasteiger partial charge on any atom is 0.203 e. The zero-order chi connectivity index (χ0) is 19.2. The van der Waals surface area contributed by atoms with E-state index in [0.29, 0.717) is 0 Å². The molecule has 0 saturated carbocycles. The summed E-state index contributed by atoms with van der Waals surface area (Å²) < 4.78 is 0. The van der Waals surface area contributed by atoms with Crippen molar-refractivity contribution in [3.05, 3.63) is 71.1 Å². The molecular weight excluding hydrogens is 364 g/mol. The van der Waals surface area contributed by atoms with Crippen molar-refractivity contribution in [3.8, 4) is 11.3 Å². The third-order valence-corrected chi connectivity index (χ3v) is 5.93. The van der Waals surface area contributed by atoms with E-state index in [1.807, 2.05) is 29.8 Å². The molecule has 0 bridgehead atoms. The number of rotatable bonds is 6. The standard InChI is InChI=1S/C23H26N4S/c1-18-10-12-27(13-11-18)16-20-7-5-6-19(14-20)15-24-26-23-25-22(17-28-23)21-8-3-2-4-9-21/h2-9,14-15,17-18H,10-13,16H2,1H3,(H,25,26). The molecule has 28 heavy (non-hydrogen) atoms. The Hall–Kier alpha value is -2.50. The molecule has 1 aliphatic heterocycles. The summed E-state index contributed by atoms with van der Waals surface area (Å²) in [5, 5.41) is 7.22. The smallest absolute Gasteiger partial charge is 0.203 e. The number of anilines is 1. The van der Waals surface area contributed by atoms with Crippen molar-refractivity contribution in [1.82, 2.24) is 9.88 Å². The van der Waals surface area contributed by atoms with Gasteiger partial charge in [-0.25, -0.2) is 4.98 Å². The largest absolute Gasteiger partial charge is 0.299 e. The molecule has 1 saturated heterocycles. The summed E-state index contributed by atoms with van der Waals surface area (Å²) in [6, 6.07) is 18.8. The number of nitrogens with zero attached hydrogens (tertiary/aromatic N) is 3. The number of hydrazone groups is 1. The highest BCUT2D eigenvalue weighted by atomic mass is 32.1. The molecule has 1 fully saturated rings. The molecule has 0 radical (unpaired) electrons. The van der Waals surface area contributed by atoms with Crippen LogP contribution in [0.25, 0.3) is 11.3 Å². The van der Waals surface area contributed by atoms with Crippen LogP contribution in [0.15, 0.2) is 65.1 Å². The van der Waals surface area contributed by atoms with Crippen LogP contribution < -0.4 is 5.43 Å². The first-order chi connectivity index (χ1) is 13.8. The molecule has 0 atom stereocenters. The lowest BCUT2D eigenvalue weighted by Gasteiger charge is -2.30. The van der Waals surface area contributed by atoms with Gasteiger partial charge in [0, 0.05) is 17.5 Å². The first kappa shape index (κ1) is 18.8. The Morgan fingerprint density at radius 2 is 1.96 bits per heavy atom. The molecule has 0 spiro atoms. The van der Waals surface area contributed by atoms with Crippen molar-refractivity contribution in [2.45, 2.75) is 26.3 Å². The Labute approximate surface area is 170 Å². The average molecular weight is 391 g/mol. The first-order valence-corrected chi connectivity index (χ1v) is 10.8. The second kappa shape index (κ2) is 9.13. The average Bonchev–Trinajstić information content (AvgIpc) is 3.20. The van der Waals surface area contributed by atoms with Gasteiger partial charge in [0.2, 0.25) is 5.13 Å². The number of nitrogens with one attached hydrogen (secondary N) is 1. The van der Waals surface area contributed by atoms with Crippen LogP contribution in [0.4, 0.5) is 5.13 Å². The van der Waals surface area contributed by atoms with E-state index in [2.05, 4.69) is 63.7 Å². The van der Waals surface area contributed by atoms with E-state index in [0.717, 1.165) is 34.4 Å². The maximum absolute atomic E-state index is 4.60. The van der Waals surface area contributed by atoms with Gasteiger partial charge in [0.1, 0.15) is 0 Å². The van der Waals surface area contributed by atoms with E-state index < -0.39 is 0 Å². The number of aromatic nitrogens is 1. The van der Waals surface area contributed by atoms with E-state index in [1.54, 1.807) is 11.3 Å². The Balaban J connectivity index is 1.34. The number of hydrogen-bond acceptors (Lipinski definition) is 5. The zero-order valence-electron chi connectivity index (χ0n) is 16.2. The fourth-order valence-corrected chi connectivity index (χ4v) is 4.15. The van der Waals surface area contributed by atoms with Gasteiger partial charge in [-0.3, -0.25) is 10.3 Å². The van der Waals surface area contributed by atoms with Gasteiger partial charge in [-0.05, 0) is 49.0 Å². The molecule has 0 unspecified atom stereocenters. The molecule has 0 amide bonds. The minimum absolute atomic E-state index is 0.800. The van der Waals surface area contributed by atoms with Gasteiger partial charge in [-0.2, -0.15) is 5.10 Å². The van der Waals surface area contributed by atoms with Crippen molar-refractivity contribution < 1.29 is 0 Å². The van der Waals surface area contributed by atoms with Crippen molar-refractivity contribution in [2.24, 2.45) is 11.0 Å². The van der Waals surface area contributed by atoms with Crippen LogP contribution in [0.5, 0.6) is 0 Å². The Kier molecular flexibility index (Phi) is 6.14.